The minimum absolute atomic E-state index is 0.486. The summed E-state index contributed by atoms with van der Waals surface area (Å²) in [7, 11) is 3.47. The molecule has 0 saturated heterocycles. The van der Waals surface area contributed by atoms with E-state index in [1.807, 2.05) is 6.07 Å². The third-order valence-corrected chi connectivity index (χ3v) is 3.58. The monoisotopic (exact) mass is 232 g/mol. The van der Waals surface area contributed by atoms with Gasteiger partial charge in [-0.15, -0.1) is 0 Å². The molecule has 0 aliphatic heterocycles. The predicted octanol–water partition coefficient (Wildman–Crippen LogP) is 3.97. The van der Waals surface area contributed by atoms with Crippen LogP contribution in [0.2, 0.25) is 0 Å². The molecule has 1 aromatic carbocycles. The number of hydrogen-bond acceptors (Lipinski definition) is 2. The van der Waals surface area contributed by atoms with Gasteiger partial charge in [-0.25, -0.2) is 0 Å². The number of hydrogen-bond donors (Lipinski definition) is 0. The van der Waals surface area contributed by atoms with Crippen molar-refractivity contribution in [3.8, 4) is 5.75 Å². The SMILES string of the molecule is CCC1=C(OC)c2ccc(OC)cc2C1CC. The molecule has 0 spiro atoms. The number of benzene rings is 1. The molecule has 1 aliphatic rings. The first kappa shape index (κ1) is 12.0. The number of rotatable bonds is 4. The second-order valence-electron chi connectivity index (χ2n) is 4.33. The Morgan fingerprint density at radius 3 is 2.41 bits per heavy atom. The van der Waals surface area contributed by atoms with E-state index in [-0.39, 0.29) is 0 Å². The van der Waals surface area contributed by atoms with Crippen molar-refractivity contribution < 1.29 is 9.47 Å². The number of allylic oxidation sites excluding steroid dienone is 1. The first-order valence-corrected chi connectivity index (χ1v) is 6.22. The molecule has 0 saturated carbocycles. The van der Waals surface area contributed by atoms with Crippen LogP contribution in [0.25, 0.3) is 5.76 Å². The topological polar surface area (TPSA) is 18.5 Å². The van der Waals surface area contributed by atoms with E-state index in [9.17, 15) is 0 Å². The lowest BCUT2D eigenvalue weighted by molar-refractivity contribution is 0.366. The van der Waals surface area contributed by atoms with Crippen LogP contribution >= 0.6 is 0 Å². The Bertz CT molecular complexity index is 446. The van der Waals surface area contributed by atoms with Crippen LogP contribution in [-0.4, -0.2) is 14.2 Å². The van der Waals surface area contributed by atoms with Gasteiger partial charge in [-0.2, -0.15) is 0 Å². The molecule has 0 bridgehead atoms. The van der Waals surface area contributed by atoms with Gasteiger partial charge in [0.25, 0.3) is 0 Å². The van der Waals surface area contributed by atoms with E-state index in [1.165, 1.54) is 16.7 Å². The van der Waals surface area contributed by atoms with Gasteiger partial charge in [0.1, 0.15) is 11.5 Å². The van der Waals surface area contributed by atoms with Crippen molar-refractivity contribution in [1.29, 1.82) is 0 Å². The number of methoxy groups -OCH3 is 2. The van der Waals surface area contributed by atoms with Crippen LogP contribution in [0.3, 0.4) is 0 Å². The second-order valence-corrected chi connectivity index (χ2v) is 4.33. The van der Waals surface area contributed by atoms with Crippen LogP contribution in [-0.2, 0) is 4.74 Å². The molecule has 92 valence electrons. The summed E-state index contributed by atoms with van der Waals surface area (Å²) in [4.78, 5) is 0. The van der Waals surface area contributed by atoms with E-state index in [0.29, 0.717) is 5.92 Å². The van der Waals surface area contributed by atoms with Gasteiger partial charge in [0.05, 0.1) is 14.2 Å². The second kappa shape index (κ2) is 4.82. The summed E-state index contributed by atoms with van der Waals surface area (Å²) in [6.45, 7) is 4.42. The fourth-order valence-corrected chi connectivity index (χ4v) is 2.80. The van der Waals surface area contributed by atoms with Crippen molar-refractivity contribution in [3.63, 3.8) is 0 Å². The smallest absolute Gasteiger partial charge is 0.126 e. The van der Waals surface area contributed by atoms with Gasteiger partial charge in [0, 0.05) is 11.5 Å². The zero-order chi connectivity index (χ0) is 12.4. The summed E-state index contributed by atoms with van der Waals surface area (Å²) in [5.41, 5.74) is 4.00. The zero-order valence-corrected chi connectivity index (χ0v) is 11.0. The highest BCUT2D eigenvalue weighted by Crippen LogP contribution is 2.46. The summed E-state index contributed by atoms with van der Waals surface area (Å²) >= 11 is 0. The average Bonchev–Trinajstić information content (AvgIpc) is 2.69. The molecule has 1 aliphatic carbocycles. The maximum atomic E-state index is 5.59. The Hall–Kier alpha value is -1.44. The summed E-state index contributed by atoms with van der Waals surface area (Å²) in [6, 6.07) is 6.26. The van der Waals surface area contributed by atoms with Crippen molar-refractivity contribution in [2.75, 3.05) is 14.2 Å². The van der Waals surface area contributed by atoms with Gasteiger partial charge in [-0.3, -0.25) is 0 Å². The molecule has 0 heterocycles. The third kappa shape index (κ3) is 1.82. The molecule has 2 nitrogen and oxygen atoms in total. The molecule has 1 unspecified atom stereocenters. The normalized spacial score (nSPS) is 18.2. The molecule has 0 fully saturated rings. The van der Waals surface area contributed by atoms with Gasteiger partial charge >= 0.3 is 0 Å². The predicted molar refractivity (Wildman–Crippen MR) is 70.2 cm³/mol. The van der Waals surface area contributed by atoms with Gasteiger partial charge in [-0.05, 0) is 42.2 Å². The molecule has 2 heteroatoms. The van der Waals surface area contributed by atoms with Crippen molar-refractivity contribution >= 4 is 5.76 Å². The summed E-state index contributed by atoms with van der Waals surface area (Å²) in [5, 5.41) is 0. The molecule has 0 aromatic heterocycles. The van der Waals surface area contributed by atoms with Gasteiger partial charge < -0.3 is 9.47 Å². The molecular weight excluding hydrogens is 212 g/mol. The van der Waals surface area contributed by atoms with Crippen LogP contribution in [0.1, 0.15) is 43.7 Å². The molecule has 0 radical (unpaired) electrons. The Kier molecular flexibility index (Phi) is 3.41. The lowest BCUT2D eigenvalue weighted by Crippen LogP contribution is -1.97. The Labute approximate surface area is 103 Å². The largest absolute Gasteiger partial charge is 0.497 e. The third-order valence-electron chi connectivity index (χ3n) is 3.58. The number of ether oxygens (including phenoxy) is 2. The molecule has 1 atom stereocenters. The van der Waals surface area contributed by atoms with E-state index in [2.05, 4.69) is 26.0 Å². The molecule has 0 amide bonds. The fourth-order valence-electron chi connectivity index (χ4n) is 2.80. The first-order chi connectivity index (χ1) is 8.26. The summed E-state index contributed by atoms with van der Waals surface area (Å²) < 4.78 is 10.9. The van der Waals surface area contributed by atoms with E-state index in [4.69, 9.17) is 9.47 Å². The first-order valence-electron chi connectivity index (χ1n) is 6.22. The minimum atomic E-state index is 0.486. The summed E-state index contributed by atoms with van der Waals surface area (Å²) in [6.07, 6.45) is 2.15. The Morgan fingerprint density at radius 1 is 1.12 bits per heavy atom. The maximum absolute atomic E-state index is 5.59. The standard InChI is InChI=1S/C15H20O2/c1-5-11-12(6-2)15(17-4)13-8-7-10(16-3)9-14(11)13/h7-9,11H,5-6H2,1-4H3. The van der Waals surface area contributed by atoms with Crippen LogP contribution in [0.15, 0.2) is 23.8 Å². The van der Waals surface area contributed by atoms with Crippen LogP contribution < -0.4 is 4.74 Å². The van der Waals surface area contributed by atoms with E-state index in [0.717, 1.165) is 24.4 Å². The van der Waals surface area contributed by atoms with E-state index >= 15 is 0 Å². The minimum Gasteiger partial charge on any atom is -0.497 e. The van der Waals surface area contributed by atoms with Crippen LogP contribution in [0, 0.1) is 0 Å². The van der Waals surface area contributed by atoms with Crippen LogP contribution in [0.4, 0.5) is 0 Å². The van der Waals surface area contributed by atoms with Gasteiger partial charge in [-0.1, -0.05) is 13.8 Å². The highest BCUT2D eigenvalue weighted by Gasteiger charge is 2.30. The Morgan fingerprint density at radius 2 is 1.88 bits per heavy atom. The fraction of sp³-hybridized carbons (Fsp3) is 0.467. The average molecular weight is 232 g/mol. The van der Waals surface area contributed by atoms with E-state index in [1.54, 1.807) is 14.2 Å². The number of fused-ring (bicyclic) bond motifs is 1. The molecular formula is C15H20O2. The maximum Gasteiger partial charge on any atom is 0.126 e. The quantitative estimate of drug-likeness (QED) is 0.782. The van der Waals surface area contributed by atoms with Gasteiger partial charge in [0.2, 0.25) is 0 Å². The summed E-state index contributed by atoms with van der Waals surface area (Å²) in [5.74, 6) is 2.48. The van der Waals surface area contributed by atoms with Crippen molar-refractivity contribution in [1.82, 2.24) is 0 Å². The molecule has 2 rings (SSSR count). The molecule has 1 aromatic rings. The van der Waals surface area contributed by atoms with Gasteiger partial charge in [0.15, 0.2) is 0 Å². The van der Waals surface area contributed by atoms with E-state index < -0.39 is 0 Å². The van der Waals surface area contributed by atoms with Crippen molar-refractivity contribution in [3.05, 3.63) is 34.9 Å². The van der Waals surface area contributed by atoms with Crippen molar-refractivity contribution in [2.24, 2.45) is 0 Å². The lowest BCUT2D eigenvalue weighted by Gasteiger charge is -2.13. The van der Waals surface area contributed by atoms with Crippen LogP contribution in [0.5, 0.6) is 5.75 Å². The Balaban J connectivity index is 2.54. The van der Waals surface area contributed by atoms with Crippen molar-refractivity contribution in [2.45, 2.75) is 32.6 Å². The molecule has 17 heavy (non-hydrogen) atoms. The molecule has 0 N–H and O–H groups in total. The highest BCUT2D eigenvalue weighted by atomic mass is 16.5. The highest BCUT2D eigenvalue weighted by molar-refractivity contribution is 5.74. The lowest BCUT2D eigenvalue weighted by atomic mass is 9.92. The zero-order valence-electron chi connectivity index (χ0n) is 11.0.